The predicted molar refractivity (Wildman–Crippen MR) is 133 cm³/mol. The molecule has 0 saturated carbocycles. The highest BCUT2D eigenvalue weighted by Gasteiger charge is 2.33. The van der Waals surface area contributed by atoms with Gasteiger partial charge in [-0.3, -0.25) is 9.69 Å². The summed E-state index contributed by atoms with van der Waals surface area (Å²) < 4.78 is 22.3. The van der Waals surface area contributed by atoms with Crippen LogP contribution in [0.4, 0.5) is 0 Å². The molecule has 0 amide bonds. The van der Waals surface area contributed by atoms with Crippen molar-refractivity contribution in [2.24, 2.45) is 0 Å². The number of rotatable bonds is 8. The number of aromatic hydroxyl groups is 1. The van der Waals surface area contributed by atoms with Crippen molar-refractivity contribution in [2.45, 2.75) is 20.0 Å². The number of benzene rings is 3. The number of allylic oxidation sites excluding steroid dienone is 1. The maximum Gasteiger partial charge on any atom is 0.232 e. The second kappa shape index (κ2) is 10.1. The van der Waals surface area contributed by atoms with Crippen LogP contribution in [0.5, 0.6) is 28.7 Å². The molecule has 4 rings (SSSR count). The van der Waals surface area contributed by atoms with E-state index in [2.05, 4.69) is 4.90 Å². The van der Waals surface area contributed by atoms with Gasteiger partial charge < -0.3 is 24.1 Å². The minimum atomic E-state index is -0.238. The molecular formula is C28H29NO6. The standard InChI is InChI=1S/C28H29NO6/c1-17-11-21(30)20(16-29(2)15-18-9-7-6-8-10-18)27-25(17)26(31)22(35-27)12-19-13-23(32-3)28(34-5)24(14-19)33-4/h6-14,30H,15-16H2,1-5H3/b22-12-. The fourth-order valence-corrected chi connectivity index (χ4v) is 4.29. The molecular weight excluding hydrogens is 446 g/mol. The van der Waals surface area contributed by atoms with Gasteiger partial charge in [-0.25, -0.2) is 0 Å². The van der Waals surface area contributed by atoms with Crippen LogP contribution < -0.4 is 18.9 Å². The van der Waals surface area contributed by atoms with Gasteiger partial charge in [0.05, 0.1) is 32.5 Å². The smallest absolute Gasteiger partial charge is 0.232 e. The first-order valence-electron chi connectivity index (χ1n) is 11.2. The molecule has 3 aromatic carbocycles. The largest absolute Gasteiger partial charge is 0.507 e. The number of aryl methyl sites for hydroxylation is 1. The zero-order valence-corrected chi connectivity index (χ0v) is 20.5. The third-order valence-electron chi connectivity index (χ3n) is 5.93. The number of carbonyl (C=O) groups excluding carboxylic acids is 1. The fraction of sp³-hybridized carbons (Fsp3) is 0.250. The van der Waals surface area contributed by atoms with Crippen LogP contribution in [0.2, 0.25) is 0 Å². The minimum absolute atomic E-state index is 0.1000. The van der Waals surface area contributed by atoms with Gasteiger partial charge in [0.2, 0.25) is 11.5 Å². The number of hydrogen-bond donors (Lipinski definition) is 1. The Balaban J connectivity index is 1.68. The van der Waals surface area contributed by atoms with Crippen LogP contribution in [-0.2, 0) is 13.1 Å². The van der Waals surface area contributed by atoms with Gasteiger partial charge in [-0.2, -0.15) is 0 Å². The number of ketones is 1. The van der Waals surface area contributed by atoms with E-state index in [1.807, 2.05) is 37.4 Å². The Labute approximate surface area is 205 Å². The molecule has 0 saturated heterocycles. The summed E-state index contributed by atoms with van der Waals surface area (Å²) in [6.45, 7) is 2.89. The summed E-state index contributed by atoms with van der Waals surface area (Å²) in [6, 6.07) is 15.2. The number of ether oxygens (including phenoxy) is 4. The molecule has 182 valence electrons. The Morgan fingerprint density at radius 1 is 0.971 bits per heavy atom. The lowest BCUT2D eigenvalue weighted by Gasteiger charge is -2.19. The van der Waals surface area contributed by atoms with E-state index in [4.69, 9.17) is 18.9 Å². The van der Waals surface area contributed by atoms with Crippen molar-refractivity contribution in [1.82, 2.24) is 4.90 Å². The molecule has 0 aromatic heterocycles. The second-order valence-electron chi connectivity index (χ2n) is 8.45. The monoisotopic (exact) mass is 475 g/mol. The normalized spacial score (nSPS) is 13.7. The number of methoxy groups -OCH3 is 3. The molecule has 0 fully saturated rings. The first kappa shape index (κ1) is 24.2. The number of phenols is 1. The zero-order chi connectivity index (χ0) is 25.1. The molecule has 35 heavy (non-hydrogen) atoms. The summed E-state index contributed by atoms with van der Waals surface area (Å²) in [6.07, 6.45) is 1.64. The van der Waals surface area contributed by atoms with Gasteiger partial charge >= 0.3 is 0 Å². The summed E-state index contributed by atoms with van der Waals surface area (Å²) in [5.74, 6) is 1.82. The van der Waals surface area contributed by atoms with E-state index in [0.29, 0.717) is 58.3 Å². The van der Waals surface area contributed by atoms with E-state index in [-0.39, 0.29) is 17.3 Å². The van der Waals surface area contributed by atoms with Crippen LogP contribution >= 0.6 is 0 Å². The van der Waals surface area contributed by atoms with Crippen LogP contribution in [0.3, 0.4) is 0 Å². The number of phenolic OH excluding ortho intramolecular Hbond substituents is 1. The van der Waals surface area contributed by atoms with Crippen molar-refractivity contribution in [3.05, 3.63) is 82.1 Å². The Morgan fingerprint density at radius 3 is 2.23 bits per heavy atom. The number of Topliss-reactive ketones (excluding diaryl/α,β-unsaturated/α-hetero) is 1. The Morgan fingerprint density at radius 2 is 1.63 bits per heavy atom. The molecule has 0 unspecified atom stereocenters. The lowest BCUT2D eigenvalue weighted by molar-refractivity contribution is 0.101. The van der Waals surface area contributed by atoms with Crippen molar-refractivity contribution >= 4 is 11.9 Å². The topological polar surface area (TPSA) is 77.5 Å². The highest BCUT2D eigenvalue weighted by molar-refractivity contribution is 6.16. The summed E-state index contributed by atoms with van der Waals surface area (Å²) in [5.41, 5.74) is 3.50. The summed E-state index contributed by atoms with van der Waals surface area (Å²) in [5, 5.41) is 10.7. The van der Waals surface area contributed by atoms with Crippen molar-refractivity contribution < 1.29 is 28.8 Å². The van der Waals surface area contributed by atoms with E-state index in [0.717, 1.165) is 5.56 Å². The van der Waals surface area contributed by atoms with Gasteiger partial charge in [0.25, 0.3) is 0 Å². The van der Waals surface area contributed by atoms with Crippen LogP contribution in [-0.4, -0.2) is 44.2 Å². The molecule has 1 aliphatic heterocycles. The highest BCUT2D eigenvalue weighted by atomic mass is 16.5. The van der Waals surface area contributed by atoms with Crippen LogP contribution in [0, 0.1) is 6.92 Å². The number of hydrogen-bond acceptors (Lipinski definition) is 7. The third-order valence-corrected chi connectivity index (χ3v) is 5.93. The van der Waals surface area contributed by atoms with Crippen molar-refractivity contribution in [3.63, 3.8) is 0 Å². The van der Waals surface area contributed by atoms with Gasteiger partial charge in [-0.1, -0.05) is 30.3 Å². The van der Waals surface area contributed by atoms with Gasteiger partial charge in [0.15, 0.2) is 17.3 Å². The van der Waals surface area contributed by atoms with E-state index in [1.165, 1.54) is 21.3 Å². The molecule has 3 aromatic rings. The lowest BCUT2D eigenvalue weighted by Crippen LogP contribution is -2.17. The number of carbonyl (C=O) groups is 1. The molecule has 7 heteroatoms. The van der Waals surface area contributed by atoms with Crippen molar-refractivity contribution in [2.75, 3.05) is 28.4 Å². The SMILES string of the molecule is COc1cc(/C=C2\Oc3c(CN(C)Cc4ccccc4)c(O)cc(C)c3C2=O)cc(OC)c1OC. The third kappa shape index (κ3) is 4.81. The van der Waals surface area contributed by atoms with Gasteiger partial charge in [0, 0.05) is 13.1 Å². The number of nitrogens with zero attached hydrogens (tertiary/aromatic N) is 1. The minimum Gasteiger partial charge on any atom is -0.507 e. The molecule has 0 bridgehead atoms. The molecule has 1 aliphatic rings. The first-order chi connectivity index (χ1) is 16.9. The first-order valence-corrected chi connectivity index (χ1v) is 11.2. The fourth-order valence-electron chi connectivity index (χ4n) is 4.29. The van der Waals surface area contributed by atoms with Gasteiger partial charge in [-0.05, 0) is 54.9 Å². The Kier molecular flexibility index (Phi) is 6.98. The van der Waals surface area contributed by atoms with Crippen LogP contribution in [0.1, 0.15) is 32.6 Å². The van der Waals surface area contributed by atoms with Crippen LogP contribution in [0.15, 0.2) is 54.3 Å². The van der Waals surface area contributed by atoms with Crippen LogP contribution in [0.25, 0.3) is 6.08 Å². The van der Waals surface area contributed by atoms with E-state index in [1.54, 1.807) is 31.2 Å². The zero-order valence-electron chi connectivity index (χ0n) is 20.5. The predicted octanol–water partition coefficient (Wildman–Crippen LogP) is 4.97. The summed E-state index contributed by atoms with van der Waals surface area (Å²) in [4.78, 5) is 15.4. The average molecular weight is 476 g/mol. The van der Waals surface area contributed by atoms with E-state index >= 15 is 0 Å². The molecule has 7 nitrogen and oxygen atoms in total. The van der Waals surface area contributed by atoms with Gasteiger partial charge in [0.1, 0.15) is 11.5 Å². The molecule has 0 aliphatic carbocycles. The molecule has 0 radical (unpaired) electrons. The molecule has 0 spiro atoms. The Hall–Kier alpha value is -3.97. The highest BCUT2D eigenvalue weighted by Crippen LogP contribution is 2.43. The second-order valence-corrected chi connectivity index (χ2v) is 8.45. The molecule has 0 atom stereocenters. The molecule has 1 N–H and O–H groups in total. The van der Waals surface area contributed by atoms with E-state index in [9.17, 15) is 9.90 Å². The maximum absolute atomic E-state index is 13.3. The van der Waals surface area contributed by atoms with E-state index < -0.39 is 0 Å². The van der Waals surface area contributed by atoms with Crippen molar-refractivity contribution in [3.8, 4) is 28.7 Å². The summed E-state index contributed by atoms with van der Waals surface area (Å²) in [7, 11) is 6.56. The average Bonchev–Trinajstić information content (AvgIpc) is 3.17. The molecule has 1 heterocycles. The number of fused-ring (bicyclic) bond motifs is 1. The van der Waals surface area contributed by atoms with Gasteiger partial charge in [-0.15, -0.1) is 0 Å². The van der Waals surface area contributed by atoms with Crippen molar-refractivity contribution in [1.29, 1.82) is 0 Å². The summed E-state index contributed by atoms with van der Waals surface area (Å²) >= 11 is 0. The maximum atomic E-state index is 13.3. The lowest BCUT2D eigenvalue weighted by atomic mass is 9.99. The quantitative estimate of drug-likeness (QED) is 0.461. The Bertz CT molecular complexity index is 1260.